The Bertz CT molecular complexity index is 1180. The van der Waals surface area contributed by atoms with Crippen LogP contribution in [0.25, 0.3) is 0 Å². The first-order valence-electron chi connectivity index (χ1n) is 9.34. The lowest BCUT2D eigenvalue weighted by molar-refractivity contribution is -0.191. The molecule has 3 rings (SSSR count). The van der Waals surface area contributed by atoms with Crippen molar-refractivity contribution in [3.63, 3.8) is 0 Å². The number of carbonyl (C=O) groups is 2. The highest BCUT2D eigenvalue weighted by Gasteiger charge is 2.44. The number of halogens is 9. The monoisotopic (exact) mass is 534 g/mol. The second kappa shape index (κ2) is 9.30. The number of methoxy groups -OCH3 is 1. The van der Waals surface area contributed by atoms with Crippen molar-refractivity contribution in [2.75, 3.05) is 18.6 Å². The first kappa shape index (κ1) is 26.7. The third-order valence-corrected chi connectivity index (χ3v) is 4.54. The average molecular weight is 534 g/mol. The number of hydrogen-bond acceptors (Lipinski definition) is 9. The lowest BCUT2D eigenvalue weighted by Gasteiger charge is -2.31. The molecule has 3 heterocycles. The molecule has 0 bridgehead atoms. The highest BCUT2D eigenvalue weighted by atomic mass is 19.4. The maximum absolute atomic E-state index is 13.3. The first-order chi connectivity index (χ1) is 16.5. The van der Waals surface area contributed by atoms with E-state index in [4.69, 9.17) is 0 Å². The van der Waals surface area contributed by atoms with Crippen LogP contribution in [-0.2, 0) is 28.7 Å². The van der Waals surface area contributed by atoms with Crippen molar-refractivity contribution in [1.82, 2.24) is 15.0 Å². The Labute approximate surface area is 193 Å². The quantitative estimate of drug-likeness (QED) is 0.432. The molecule has 2 aromatic rings. The zero-order valence-corrected chi connectivity index (χ0v) is 17.5. The van der Waals surface area contributed by atoms with Crippen LogP contribution < -0.4 is 19.1 Å². The van der Waals surface area contributed by atoms with Gasteiger partial charge in [-0.2, -0.15) is 49.5 Å². The molecule has 9 nitrogen and oxygen atoms in total. The highest BCUT2D eigenvalue weighted by Crippen LogP contribution is 2.38. The van der Waals surface area contributed by atoms with Crippen molar-refractivity contribution in [1.29, 1.82) is 0 Å². The molecule has 1 aliphatic rings. The van der Waals surface area contributed by atoms with Crippen LogP contribution in [0.2, 0.25) is 0 Å². The van der Waals surface area contributed by atoms with E-state index in [2.05, 4.69) is 29.2 Å². The second-order valence-electron chi connectivity index (χ2n) is 6.93. The molecule has 0 saturated heterocycles. The third-order valence-electron chi connectivity index (χ3n) is 4.54. The predicted molar refractivity (Wildman–Crippen MR) is 96.0 cm³/mol. The number of nitrogens with zero attached hydrogens (tertiary/aromatic N) is 4. The van der Waals surface area contributed by atoms with Gasteiger partial charge in [-0.1, -0.05) is 0 Å². The maximum atomic E-state index is 13.3. The molecular weight excluding hydrogens is 523 g/mol. The van der Waals surface area contributed by atoms with Crippen LogP contribution in [-0.4, -0.2) is 52.9 Å². The minimum Gasteiger partial charge on any atom is -0.481 e. The van der Waals surface area contributed by atoms with Crippen molar-refractivity contribution >= 4 is 17.6 Å². The van der Waals surface area contributed by atoms with Crippen LogP contribution in [0.5, 0.6) is 17.8 Å². The molecule has 36 heavy (non-hydrogen) atoms. The standard InChI is InChI=1S/C18H11F9N4O5/c1-34-12-9(16(19,20)21)4-7(5-28-12)31-3-2-10-8(6-31)11(35-13(32)17(22,23)24)30-15(29-10)36-14(33)18(25,26)27/h4-5H,2-3,6H2,1H3. The fourth-order valence-electron chi connectivity index (χ4n) is 2.98. The van der Waals surface area contributed by atoms with Crippen LogP contribution in [0.1, 0.15) is 16.8 Å². The van der Waals surface area contributed by atoms with Gasteiger partial charge in [-0.25, -0.2) is 14.6 Å². The summed E-state index contributed by atoms with van der Waals surface area (Å²) in [6.45, 7) is -0.705. The normalized spacial score (nSPS) is 14.2. The van der Waals surface area contributed by atoms with Gasteiger partial charge in [-0.3, -0.25) is 0 Å². The van der Waals surface area contributed by atoms with E-state index in [-0.39, 0.29) is 29.9 Å². The van der Waals surface area contributed by atoms with E-state index < -0.39 is 60.3 Å². The average Bonchev–Trinajstić information content (AvgIpc) is 2.76. The molecule has 0 radical (unpaired) electrons. The second-order valence-corrected chi connectivity index (χ2v) is 6.93. The Balaban J connectivity index is 2.02. The summed E-state index contributed by atoms with van der Waals surface area (Å²) in [5.74, 6) is -7.55. The Morgan fingerprint density at radius 3 is 2.08 bits per heavy atom. The van der Waals surface area contributed by atoms with Gasteiger partial charge >= 0.3 is 36.5 Å². The Morgan fingerprint density at radius 2 is 1.53 bits per heavy atom. The lowest BCUT2D eigenvalue weighted by atomic mass is 10.1. The van der Waals surface area contributed by atoms with Gasteiger partial charge < -0.3 is 19.1 Å². The zero-order valence-electron chi connectivity index (χ0n) is 17.5. The summed E-state index contributed by atoms with van der Waals surface area (Å²) < 4.78 is 128. The summed E-state index contributed by atoms with van der Waals surface area (Å²) in [6.07, 6.45) is -15.2. The molecule has 1 aliphatic heterocycles. The van der Waals surface area contributed by atoms with E-state index in [0.717, 1.165) is 13.3 Å². The summed E-state index contributed by atoms with van der Waals surface area (Å²) >= 11 is 0. The molecular formula is C18H11F9N4O5. The van der Waals surface area contributed by atoms with E-state index in [9.17, 15) is 49.1 Å². The predicted octanol–water partition coefficient (Wildman–Crippen LogP) is 3.40. The van der Waals surface area contributed by atoms with Gasteiger partial charge in [-0.05, 0) is 6.07 Å². The first-order valence-corrected chi connectivity index (χ1v) is 9.34. The Morgan fingerprint density at radius 1 is 0.917 bits per heavy atom. The number of alkyl halides is 9. The van der Waals surface area contributed by atoms with Crippen LogP contribution in [0.3, 0.4) is 0 Å². The summed E-state index contributed by atoms with van der Waals surface area (Å²) in [5, 5.41) is 0. The molecule has 0 aromatic carbocycles. The molecule has 0 spiro atoms. The third kappa shape index (κ3) is 5.85. The maximum Gasteiger partial charge on any atom is 0.491 e. The molecule has 0 aliphatic carbocycles. The van der Waals surface area contributed by atoms with Crippen LogP contribution >= 0.6 is 0 Å². The number of rotatable bonds is 4. The van der Waals surface area contributed by atoms with Gasteiger partial charge in [-0.15, -0.1) is 0 Å². The molecule has 0 N–H and O–H groups in total. The molecule has 0 unspecified atom stereocenters. The largest absolute Gasteiger partial charge is 0.491 e. The molecule has 2 aromatic heterocycles. The van der Waals surface area contributed by atoms with E-state index in [1.807, 2.05) is 0 Å². The summed E-state index contributed by atoms with van der Waals surface area (Å²) in [4.78, 5) is 33.8. The molecule has 0 fully saturated rings. The summed E-state index contributed by atoms with van der Waals surface area (Å²) in [7, 11) is 0.955. The van der Waals surface area contributed by atoms with E-state index in [1.165, 1.54) is 4.90 Å². The summed E-state index contributed by atoms with van der Waals surface area (Å²) in [5.41, 5.74) is -2.08. The van der Waals surface area contributed by atoms with Crippen LogP contribution in [0.15, 0.2) is 12.3 Å². The fraction of sp³-hybridized carbons (Fsp3) is 0.389. The van der Waals surface area contributed by atoms with E-state index >= 15 is 0 Å². The van der Waals surface area contributed by atoms with Crippen molar-refractivity contribution in [3.05, 3.63) is 29.1 Å². The zero-order chi connectivity index (χ0) is 27.1. The molecule has 0 saturated carbocycles. The number of fused-ring (bicyclic) bond motifs is 1. The number of hydrogen-bond donors (Lipinski definition) is 0. The minimum atomic E-state index is -5.55. The molecule has 0 atom stereocenters. The van der Waals surface area contributed by atoms with Gasteiger partial charge in [0.05, 0.1) is 36.8 Å². The summed E-state index contributed by atoms with van der Waals surface area (Å²) in [6, 6.07) is -0.696. The van der Waals surface area contributed by atoms with Crippen molar-refractivity contribution in [3.8, 4) is 17.8 Å². The lowest BCUT2D eigenvalue weighted by Crippen LogP contribution is -2.34. The number of anilines is 1. The number of ether oxygens (including phenoxy) is 3. The highest BCUT2D eigenvalue weighted by molar-refractivity contribution is 5.79. The Kier molecular flexibility index (Phi) is 6.91. The van der Waals surface area contributed by atoms with Crippen molar-refractivity contribution in [2.24, 2.45) is 0 Å². The number of carbonyl (C=O) groups excluding carboxylic acids is 2. The van der Waals surface area contributed by atoms with E-state index in [0.29, 0.717) is 6.07 Å². The van der Waals surface area contributed by atoms with Gasteiger partial charge in [0.2, 0.25) is 11.8 Å². The topological polar surface area (TPSA) is 104 Å². The van der Waals surface area contributed by atoms with Gasteiger partial charge in [0, 0.05) is 13.0 Å². The molecule has 0 amide bonds. The van der Waals surface area contributed by atoms with E-state index in [1.54, 1.807) is 0 Å². The smallest absolute Gasteiger partial charge is 0.481 e. The number of pyridine rings is 1. The minimum absolute atomic E-state index is 0.158. The SMILES string of the molecule is COc1ncc(N2CCc3nc(OC(=O)C(F)(F)F)nc(OC(=O)C(F)(F)F)c3C2)cc1C(F)(F)F. The van der Waals surface area contributed by atoms with Gasteiger partial charge in [0.1, 0.15) is 5.56 Å². The van der Waals surface area contributed by atoms with Crippen molar-refractivity contribution < 1.29 is 63.3 Å². The van der Waals surface area contributed by atoms with Crippen molar-refractivity contribution in [2.45, 2.75) is 31.5 Å². The van der Waals surface area contributed by atoms with Crippen LogP contribution in [0.4, 0.5) is 45.2 Å². The molecule has 196 valence electrons. The Hall–Kier alpha value is -3.86. The van der Waals surface area contributed by atoms with Gasteiger partial charge in [0.15, 0.2) is 0 Å². The number of esters is 2. The van der Waals surface area contributed by atoms with Crippen LogP contribution in [0, 0.1) is 0 Å². The molecule has 18 heteroatoms. The van der Waals surface area contributed by atoms with Gasteiger partial charge in [0.25, 0.3) is 0 Å². The fourth-order valence-corrected chi connectivity index (χ4v) is 2.98. The number of aromatic nitrogens is 3.